The summed E-state index contributed by atoms with van der Waals surface area (Å²) in [5.41, 5.74) is 0. The van der Waals surface area contributed by atoms with Crippen molar-refractivity contribution < 1.29 is 13.9 Å². The lowest BCUT2D eigenvalue weighted by atomic mass is 10.1. The normalized spacial score (nSPS) is 12.8. The zero-order valence-electron chi connectivity index (χ0n) is 8.72. The van der Waals surface area contributed by atoms with Gasteiger partial charge in [-0.1, -0.05) is 13.8 Å². The highest BCUT2D eigenvalue weighted by Gasteiger charge is 2.28. The van der Waals surface area contributed by atoms with Crippen molar-refractivity contribution in [3.05, 3.63) is 0 Å². The highest BCUT2D eigenvalue weighted by molar-refractivity contribution is 5.98. The summed E-state index contributed by atoms with van der Waals surface area (Å²) in [4.78, 5) is 0. The summed E-state index contributed by atoms with van der Waals surface area (Å²) < 4.78 is 15.6. The fraction of sp³-hybridized carbons (Fsp3) is 1.00. The van der Waals surface area contributed by atoms with E-state index in [-0.39, 0.29) is 0 Å². The Bertz CT molecular complexity index is 105. The molecule has 3 nitrogen and oxygen atoms in total. The molecule has 0 spiro atoms. The molecule has 0 unspecified atom stereocenters. The number of ether oxygens (including phenoxy) is 2. The van der Waals surface area contributed by atoms with Gasteiger partial charge in [-0.3, -0.25) is 0 Å². The van der Waals surface area contributed by atoms with E-state index in [0.29, 0.717) is 16.4 Å². The van der Waals surface area contributed by atoms with Crippen molar-refractivity contribution in [1.29, 1.82) is 0 Å². The third-order valence-corrected chi connectivity index (χ3v) is 2.58. The fourth-order valence-electron chi connectivity index (χ4n) is 1.02. The average molecular weight is 192 g/mol. The molecule has 0 saturated carbocycles. The van der Waals surface area contributed by atoms with Crippen LogP contribution in [0.4, 0.5) is 0 Å². The van der Waals surface area contributed by atoms with E-state index >= 15 is 0 Å². The summed E-state index contributed by atoms with van der Waals surface area (Å²) in [6.45, 7) is 4.34. The summed E-state index contributed by atoms with van der Waals surface area (Å²) in [5, 5.41) is 0. The van der Waals surface area contributed by atoms with Gasteiger partial charge in [-0.25, -0.2) is 0 Å². The largest absolute Gasteiger partial charge is 0.380 e. The van der Waals surface area contributed by atoms with Crippen LogP contribution in [0.3, 0.4) is 0 Å². The van der Waals surface area contributed by atoms with Crippen molar-refractivity contribution in [2.24, 2.45) is 5.92 Å². The van der Waals surface area contributed by atoms with Gasteiger partial charge in [0, 0.05) is 20.6 Å². The molecule has 0 aliphatic rings. The quantitative estimate of drug-likeness (QED) is 0.457. The standard InChI is InChI=1S/C8H20O3Si/c1-7(2)5-6-8(9-3,10-4)11-12/h7H,5-6H2,1-4,12H3. The first kappa shape index (κ1) is 12.1. The van der Waals surface area contributed by atoms with E-state index in [4.69, 9.17) is 13.9 Å². The van der Waals surface area contributed by atoms with E-state index in [2.05, 4.69) is 13.8 Å². The maximum atomic E-state index is 5.28. The van der Waals surface area contributed by atoms with Gasteiger partial charge in [-0.05, 0) is 12.3 Å². The third-order valence-electron chi connectivity index (χ3n) is 1.96. The smallest absolute Gasteiger partial charge is 0.272 e. The molecule has 0 rings (SSSR count). The van der Waals surface area contributed by atoms with Gasteiger partial charge in [0.25, 0.3) is 5.97 Å². The van der Waals surface area contributed by atoms with E-state index in [1.807, 2.05) is 0 Å². The van der Waals surface area contributed by atoms with Gasteiger partial charge in [0.15, 0.2) is 10.5 Å². The van der Waals surface area contributed by atoms with Crippen LogP contribution in [-0.2, 0) is 13.9 Å². The minimum absolute atomic E-state index is 0.625. The minimum atomic E-state index is -0.781. The fourth-order valence-corrected chi connectivity index (χ4v) is 1.56. The third kappa shape index (κ3) is 3.67. The van der Waals surface area contributed by atoms with Crippen LogP contribution >= 0.6 is 0 Å². The first-order chi connectivity index (χ1) is 5.60. The molecule has 0 radical (unpaired) electrons. The van der Waals surface area contributed by atoms with Crippen LogP contribution in [0.25, 0.3) is 0 Å². The maximum Gasteiger partial charge on any atom is 0.272 e. The van der Waals surface area contributed by atoms with Crippen LogP contribution < -0.4 is 0 Å². The van der Waals surface area contributed by atoms with Gasteiger partial charge in [0.2, 0.25) is 0 Å². The van der Waals surface area contributed by atoms with Gasteiger partial charge >= 0.3 is 0 Å². The second-order valence-electron chi connectivity index (χ2n) is 3.23. The molecule has 0 aliphatic carbocycles. The molecule has 0 atom stereocenters. The second-order valence-corrected chi connectivity index (χ2v) is 3.64. The summed E-state index contributed by atoms with van der Waals surface area (Å²) in [6.07, 6.45) is 1.84. The Morgan fingerprint density at radius 2 is 1.75 bits per heavy atom. The Hall–Kier alpha value is 0.0969. The molecule has 12 heavy (non-hydrogen) atoms. The SMILES string of the molecule is COC(CCC(C)C)(OC)O[SiH3]. The van der Waals surface area contributed by atoms with E-state index in [0.717, 1.165) is 12.8 Å². The monoisotopic (exact) mass is 192 g/mol. The molecule has 0 aromatic rings. The van der Waals surface area contributed by atoms with E-state index in [9.17, 15) is 0 Å². The number of hydrogen-bond acceptors (Lipinski definition) is 3. The van der Waals surface area contributed by atoms with Crippen molar-refractivity contribution in [1.82, 2.24) is 0 Å². The van der Waals surface area contributed by atoms with Gasteiger partial charge < -0.3 is 13.9 Å². The van der Waals surface area contributed by atoms with E-state index in [1.54, 1.807) is 14.2 Å². The molecule has 0 amide bonds. The maximum absolute atomic E-state index is 5.28. The van der Waals surface area contributed by atoms with Crippen molar-refractivity contribution in [3.63, 3.8) is 0 Å². The number of methoxy groups -OCH3 is 2. The topological polar surface area (TPSA) is 27.7 Å². The van der Waals surface area contributed by atoms with Gasteiger partial charge in [-0.15, -0.1) is 0 Å². The van der Waals surface area contributed by atoms with Crippen LogP contribution in [0.1, 0.15) is 26.7 Å². The van der Waals surface area contributed by atoms with Crippen LogP contribution in [0.15, 0.2) is 0 Å². The van der Waals surface area contributed by atoms with E-state index < -0.39 is 5.97 Å². The van der Waals surface area contributed by atoms with Gasteiger partial charge in [0.1, 0.15) is 0 Å². The first-order valence-electron chi connectivity index (χ1n) is 4.25. The highest BCUT2D eigenvalue weighted by Crippen LogP contribution is 2.21. The lowest BCUT2D eigenvalue weighted by molar-refractivity contribution is -0.325. The molecule has 0 aromatic carbocycles. The Morgan fingerprint density at radius 1 is 1.25 bits per heavy atom. The zero-order chi connectivity index (χ0) is 9.61. The Balaban J connectivity index is 3.93. The van der Waals surface area contributed by atoms with E-state index in [1.165, 1.54) is 0 Å². The average Bonchev–Trinajstić information content (AvgIpc) is 2.08. The predicted octanol–water partition coefficient (Wildman–Crippen LogP) is 0.666. The Kier molecular flexibility index (Phi) is 5.74. The number of rotatable bonds is 6. The van der Waals surface area contributed by atoms with Gasteiger partial charge in [-0.2, -0.15) is 0 Å². The molecule has 0 bridgehead atoms. The molecule has 0 aromatic heterocycles. The van der Waals surface area contributed by atoms with Crippen LogP contribution in [0.2, 0.25) is 0 Å². The summed E-state index contributed by atoms with van der Waals surface area (Å²) in [6, 6.07) is 0. The molecule has 0 fully saturated rings. The lowest BCUT2D eigenvalue weighted by Gasteiger charge is -2.29. The number of hydrogen-bond donors (Lipinski definition) is 0. The van der Waals surface area contributed by atoms with Gasteiger partial charge in [0.05, 0.1) is 0 Å². The van der Waals surface area contributed by atoms with Crippen molar-refractivity contribution in [2.75, 3.05) is 14.2 Å². The summed E-state index contributed by atoms with van der Waals surface area (Å²) >= 11 is 0. The second kappa shape index (κ2) is 5.69. The van der Waals surface area contributed by atoms with Crippen molar-refractivity contribution in [3.8, 4) is 0 Å². The summed E-state index contributed by atoms with van der Waals surface area (Å²) in [5.74, 6) is -0.136. The molecule has 0 N–H and O–H groups in total. The molecule has 0 aliphatic heterocycles. The van der Waals surface area contributed by atoms with Crippen molar-refractivity contribution in [2.45, 2.75) is 32.7 Å². The Labute approximate surface area is 77.9 Å². The molecule has 0 saturated heterocycles. The minimum Gasteiger partial charge on any atom is -0.380 e. The first-order valence-corrected chi connectivity index (χ1v) is 5.07. The van der Waals surface area contributed by atoms with Crippen LogP contribution in [0.5, 0.6) is 0 Å². The highest BCUT2D eigenvalue weighted by atomic mass is 28.2. The molecule has 4 heteroatoms. The summed E-state index contributed by atoms with van der Waals surface area (Å²) in [7, 11) is 3.85. The molecular formula is C8H20O3Si. The van der Waals surface area contributed by atoms with Crippen molar-refractivity contribution >= 4 is 10.5 Å². The van der Waals surface area contributed by atoms with Crippen LogP contribution in [-0.4, -0.2) is 30.7 Å². The zero-order valence-corrected chi connectivity index (χ0v) is 10.7. The molecule has 0 heterocycles. The molecular weight excluding hydrogens is 172 g/mol. The molecule has 74 valence electrons. The van der Waals surface area contributed by atoms with Crippen LogP contribution in [0, 0.1) is 5.92 Å². The predicted molar refractivity (Wildman–Crippen MR) is 51.8 cm³/mol. The lowest BCUT2D eigenvalue weighted by Crippen LogP contribution is -2.36. The Morgan fingerprint density at radius 3 is 2.00 bits per heavy atom.